The first-order valence-electron chi connectivity index (χ1n) is 11.6. The summed E-state index contributed by atoms with van der Waals surface area (Å²) in [5.74, 6) is -5.20. The minimum absolute atomic E-state index is 0.181. The van der Waals surface area contributed by atoms with E-state index in [9.17, 15) is 49.2 Å². The first-order chi connectivity index (χ1) is 17.8. The highest BCUT2D eigenvalue weighted by Crippen LogP contribution is 2.35. The van der Waals surface area contributed by atoms with Gasteiger partial charge in [0.1, 0.15) is 23.4 Å². The summed E-state index contributed by atoms with van der Waals surface area (Å²) < 4.78 is 122. The van der Waals surface area contributed by atoms with Gasteiger partial charge in [0, 0.05) is 18.3 Å². The second kappa shape index (κ2) is 12.0. The molecule has 2 atom stereocenters. The molecule has 0 bridgehead atoms. The zero-order valence-electron chi connectivity index (χ0n) is 21.1. The van der Waals surface area contributed by atoms with Crippen molar-refractivity contribution in [2.45, 2.75) is 69.3 Å². The van der Waals surface area contributed by atoms with E-state index >= 15 is 0 Å². The predicted molar refractivity (Wildman–Crippen MR) is 127 cm³/mol. The van der Waals surface area contributed by atoms with Crippen molar-refractivity contribution in [2.24, 2.45) is 5.92 Å². The van der Waals surface area contributed by atoms with Crippen LogP contribution >= 0.6 is 0 Å². The number of halogens is 7. The van der Waals surface area contributed by atoms with Gasteiger partial charge < -0.3 is 5.32 Å². The summed E-state index contributed by atoms with van der Waals surface area (Å²) >= 11 is 0. The number of aromatic nitrogens is 1. The fourth-order valence-electron chi connectivity index (χ4n) is 3.47. The first-order valence-corrected chi connectivity index (χ1v) is 13.4. The topological polar surface area (TPSA) is 112 Å². The molecule has 2 N–H and O–H groups in total. The lowest BCUT2D eigenvalue weighted by atomic mass is 10.1. The minimum atomic E-state index is -5.08. The lowest BCUT2D eigenvalue weighted by Crippen LogP contribution is -2.57. The van der Waals surface area contributed by atoms with Crippen molar-refractivity contribution in [3.05, 3.63) is 53.1 Å². The van der Waals surface area contributed by atoms with Crippen LogP contribution in [-0.4, -0.2) is 48.9 Å². The maximum atomic E-state index is 14.0. The Morgan fingerprint density at radius 3 is 2.31 bits per heavy atom. The highest BCUT2D eigenvalue weighted by Gasteiger charge is 2.48. The highest BCUT2D eigenvalue weighted by atomic mass is 32.2. The number of carbonyl (C=O) groups excluding carboxylic acids is 1. The van der Waals surface area contributed by atoms with Crippen molar-refractivity contribution in [3.63, 3.8) is 0 Å². The van der Waals surface area contributed by atoms with Crippen molar-refractivity contribution < 1.29 is 43.9 Å². The molecule has 216 valence electrons. The van der Waals surface area contributed by atoms with Gasteiger partial charge in [0.15, 0.2) is 9.84 Å². The molecule has 2 rings (SSSR count). The third-order valence-corrected chi connectivity index (χ3v) is 7.45. The zero-order chi connectivity index (χ0) is 29.8. The average molecular weight is 585 g/mol. The van der Waals surface area contributed by atoms with Crippen LogP contribution in [0.1, 0.15) is 44.7 Å². The molecular formula is C24H27F7N4O3S. The van der Waals surface area contributed by atoms with Crippen LogP contribution in [0.15, 0.2) is 42.0 Å². The first kappa shape index (κ1) is 32.2. The summed E-state index contributed by atoms with van der Waals surface area (Å²) in [7, 11) is -4.66. The van der Waals surface area contributed by atoms with Gasteiger partial charge in [-0.05, 0) is 43.0 Å². The van der Waals surface area contributed by atoms with Gasteiger partial charge in [-0.1, -0.05) is 19.9 Å². The number of sulfone groups is 1. The number of carbonyl (C=O) groups is 1. The van der Waals surface area contributed by atoms with Crippen LogP contribution in [-0.2, 0) is 26.6 Å². The average Bonchev–Trinajstić information content (AvgIpc) is 3.58. The number of nitriles is 1. The van der Waals surface area contributed by atoms with Crippen molar-refractivity contribution in [3.8, 4) is 6.07 Å². The Balaban J connectivity index is 2.44. The molecule has 1 aromatic rings. The Labute approximate surface area is 221 Å². The van der Waals surface area contributed by atoms with E-state index in [2.05, 4.69) is 10.3 Å². The van der Waals surface area contributed by atoms with Crippen molar-refractivity contribution >= 4 is 15.7 Å². The summed E-state index contributed by atoms with van der Waals surface area (Å²) in [6.45, 7) is 3.92. The van der Waals surface area contributed by atoms with Crippen LogP contribution in [0, 0.1) is 17.2 Å². The van der Waals surface area contributed by atoms with E-state index in [1.54, 1.807) is 6.07 Å². The van der Waals surface area contributed by atoms with Crippen LogP contribution in [0.4, 0.5) is 30.7 Å². The molecule has 0 saturated heterocycles. The van der Waals surface area contributed by atoms with Gasteiger partial charge in [0.25, 0.3) is 0 Å². The molecule has 0 radical (unpaired) electrons. The summed E-state index contributed by atoms with van der Waals surface area (Å²) in [5, 5.41) is 13.4. The summed E-state index contributed by atoms with van der Waals surface area (Å²) in [6.07, 6.45) is -6.55. The minimum Gasteiger partial charge on any atom is -0.336 e. The molecule has 1 amide bonds. The number of rotatable bonds is 11. The van der Waals surface area contributed by atoms with Gasteiger partial charge >= 0.3 is 12.4 Å². The number of pyridine rings is 1. The van der Waals surface area contributed by atoms with Gasteiger partial charge in [0.2, 0.25) is 5.91 Å². The standard InChI is InChI=1S/C24H27F7N4O3S/c1-14(2)18(25)5-4-15(3)20(24(29,30)31)34-19(21(36)35-22(13-32)7-8-22)12-39(37,38)11-16-10-33-9-6-17(16)23(26,27)28/h4-6,9-10,14,19-20,34H,7-8,11-12H2,1-3H3,(H,35,36)/b15-4+,18-5+/t19-,20-/m0/s1. The van der Waals surface area contributed by atoms with E-state index in [-0.39, 0.29) is 12.8 Å². The van der Waals surface area contributed by atoms with Gasteiger partial charge in [0.05, 0.1) is 23.1 Å². The maximum Gasteiger partial charge on any atom is 0.416 e. The molecule has 1 saturated carbocycles. The molecular weight excluding hydrogens is 557 g/mol. The highest BCUT2D eigenvalue weighted by molar-refractivity contribution is 7.90. The van der Waals surface area contributed by atoms with Gasteiger partial charge in [-0.3, -0.25) is 15.1 Å². The maximum absolute atomic E-state index is 14.0. The lowest BCUT2D eigenvalue weighted by molar-refractivity contribution is -0.150. The van der Waals surface area contributed by atoms with Crippen LogP contribution < -0.4 is 10.6 Å². The van der Waals surface area contributed by atoms with E-state index in [1.807, 2.05) is 5.32 Å². The van der Waals surface area contributed by atoms with Crippen LogP contribution in [0.3, 0.4) is 0 Å². The Morgan fingerprint density at radius 1 is 1.21 bits per heavy atom. The third-order valence-electron chi connectivity index (χ3n) is 5.86. The van der Waals surface area contributed by atoms with Gasteiger partial charge in [-0.15, -0.1) is 0 Å². The Kier molecular flexibility index (Phi) is 9.94. The molecule has 7 nitrogen and oxygen atoms in total. The van der Waals surface area contributed by atoms with E-state index in [0.29, 0.717) is 12.3 Å². The largest absolute Gasteiger partial charge is 0.416 e. The molecule has 0 spiro atoms. The molecule has 1 heterocycles. The molecule has 1 aliphatic carbocycles. The predicted octanol–water partition coefficient (Wildman–Crippen LogP) is 4.53. The van der Waals surface area contributed by atoms with Crippen molar-refractivity contribution in [2.75, 3.05) is 5.75 Å². The van der Waals surface area contributed by atoms with E-state index in [0.717, 1.165) is 25.3 Å². The molecule has 15 heteroatoms. The summed E-state index contributed by atoms with van der Waals surface area (Å²) in [4.78, 5) is 16.4. The number of hydrogen-bond acceptors (Lipinski definition) is 6. The number of alkyl halides is 6. The van der Waals surface area contributed by atoms with E-state index in [1.165, 1.54) is 13.8 Å². The van der Waals surface area contributed by atoms with E-state index < -0.39 is 85.7 Å². The number of amides is 1. The second-order valence-electron chi connectivity index (χ2n) is 9.58. The molecule has 0 aromatic carbocycles. The summed E-state index contributed by atoms with van der Waals surface area (Å²) in [6, 6.07) is -2.41. The normalized spacial score (nSPS) is 17.9. The number of nitrogens with zero attached hydrogens (tertiary/aromatic N) is 2. The SMILES string of the molecule is C/C(=C\C=C(\F)C(C)C)[C@H](N[C@@H](CS(=O)(=O)Cc1cnccc1C(F)(F)F)C(=O)NC1(C#N)CC1)C(F)(F)F. The fourth-order valence-corrected chi connectivity index (χ4v) is 5.04. The molecule has 1 aromatic heterocycles. The van der Waals surface area contributed by atoms with Crippen LogP contribution in [0.25, 0.3) is 0 Å². The Morgan fingerprint density at radius 2 is 1.82 bits per heavy atom. The number of hydrogen-bond donors (Lipinski definition) is 2. The zero-order valence-corrected chi connectivity index (χ0v) is 21.9. The molecule has 1 fully saturated rings. The van der Waals surface area contributed by atoms with Crippen LogP contribution in [0.2, 0.25) is 0 Å². The third kappa shape index (κ3) is 9.31. The molecule has 1 aliphatic rings. The lowest BCUT2D eigenvalue weighted by Gasteiger charge is -2.28. The van der Waals surface area contributed by atoms with Crippen molar-refractivity contribution in [1.82, 2.24) is 15.6 Å². The monoisotopic (exact) mass is 584 g/mol. The quantitative estimate of drug-likeness (QED) is 0.292. The Bertz CT molecular complexity index is 1260. The van der Waals surface area contributed by atoms with Gasteiger partial charge in [-0.25, -0.2) is 12.8 Å². The van der Waals surface area contributed by atoms with Crippen molar-refractivity contribution in [1.29, 1.82) is 5.26 Å². The molecule has 0 aliphatic heterocycles. The number of nitrogens with one attached hydrogen (secondary N) is 2. The van der Waals surface area contributed by atoms with E-state index in [4.69, 9.17) is 0 Å². The molecule has 0 unspecified atom stereocenters. The second-order valence-corrected chi connectivity index (χ2v) is 11.7. The molecule has 39 heavy (non-hydrogen) atoms. The summed E-state index contributed by atoms with van der Waals surface area (Å²) in [5.41, 5.74) is -3.95. The fraction of sp³-hybridized carbons (Fsp3) is 0.542. The number of allylic oxidation sites excluding steroid dienone is 3. The smallest absolute Gasteiger partial charge is 0.336 e. The van der Waals surface area contributed by atoms with Gasteiger partial charge in [-0.2, -0.15) is 31.6 Å². The Hall–Kier alpha value is -2.99. The van der Waals surface area contributed by atoms with Crippen LogP contribution in [0.5, 0.6) is 0 Å².